The van der Waals surface area contributed by atoms with Crippen LogP contribution in [0, 0.1) is 11.6 Å². The molecule has 0 aromatic heterocycles. The molecule has 0 saturated carbocycles. The first-order chi connectivity index (χ1) is 6.16. The van der Waals surface area contributed by atoms with Crippen molar-refractivity contribution in [3.63, 3.8) is 0 Å². The molecule has 6 heteroatoms. The number of nitrogens with zero attached hydrogens (tertiary/aromatic N) is 3. The van der Waals surface area contributed by atoms with Crippen molar-refractivity contribution >= 4 is 11.6 Å². The van der Waals surface area contributed by atoms with E-state index in [0.717, 1.165) is 6.07 Å². The van der Waals surface area contributed by atoms with E-state index in [0.29, 0.717) is 0 Å². The lowest BCUT2D eigenvalue weighted by Gasteiger charge is -2.01. The highest BCUT2D eigenvalue weighted by molar-refractivity contribution is 6.30. The quantitative estimate of drug-likeness (QED) is 0.306. The predicted molar refractivity (Wildman–Crippen MR) is 44.2 cm³/mol. The maximum Gasteiger partial charge on any atom is 0.148 e. The molecule has 0 amide bonds. The van der Waals surface area contributed by atoms with Crippen LogP contribution in [0.3, 0.4) is 0 Å². The van der Waals surface area contributed by atoms with E-state index in [1.807, 2.05) is 0 Å². The van der Waals surface area contributed by atoms with Gasteiger partial charge in [0.1, 0.15) is 16.7 Å². The molecule has 0 saturated heterocycles. The third-order valence-corrected chi connectivity index (χ3v) is 1.77. The number of halogens is 3. The zero-order chi connectivity index (χ0) is 9.84. The molecule has 0 aliphatic carbocycles. The summed E-state index contributed by atoms with van der Waals surface area (Å²) in [5, 5.41) is 2.56. The Morgan fingerprint density at radius 2 is 2.15 bits per heavy atom. The molecule has 0 radical (unpaired) electrons. The fourth-order valence-electron chi connectivity index (χ4n) is 0.796. The van der Waals surface area contributed by atoms with Gasteiger partial charge in [0.05, 0.1) is 6.54 Å². The third-order valence-electron chi connectivity index (χ3n) is 1.42. The molecule has 1 rings (SSSR count). The van der Waals surface area contributed by atoms with E-state index in [1.54, 1.807) is 0 Å². The largest absolute Gasteiger partial charge is 0.205 e. The first kappa shape index (κ1) is 9.77. The summed E-state index contributed by atoms with van der Waals surface area (Å²) in [6, 6.07) is 2.21. The van der Waals surface area contributed by atoms with Crippen LogP contribution >= 0.6 is 11.6 Å². The molecule has 0 unspecified atom stereocenters. The van der Waals surface area contributed by atoms with Crippen LogP contribution in [0.15, 0.2) is 17.2 Å². The minimum absolute atomic E-state index is 0.0733. The third kappa shape index (κ3) is 2.08. The van der Waals surface area contributed by atoms with Crippen LogP contribution in [0.1, 0.15) is 5.56 Å². The van der Waals surface area contributed by atoms with Gasteiger partial charge in [-0.3, -0.25) is 0 Å². The molecule has 0 atom stereocenters. The summed E-state index contributed by atoms with van der Waals surface area (Å²) in [7, 11) is 0. The van der Waals surface area contributed by atoms with Gasteiger partial charge in [-0.15, -0.1) is 0 Å². The predicted octanol–water partition coefficient (Wildman–Crippen LogP) is 3.43. The lowest BCUT2D eigenvalue weighted by atomic mass is 10.2. The summed E-state index contributed by atoms with van der Waals surface area (Å²) in [5.74, 6) is -1.71. The maximum atomic E-state index is 13.0. The molecule has 1 aromatic rings. The molecule has 68 valence electrons. The van der Waals surface area contributed by atoms with Crippen LogP contribution in [0.5, 0.6) is 0 Å². The summed E-state index contributed by atoms with van der Waals surface area (Å²) < 4.78 is 25.6. The van der Waals surface area contributed by atoms with E-state index < -0.39 is 16.7 Å². The van der Waals surface area contributed by atoms with E-state index in [4.69, 9.17) is 17.1 Å². The number of azide groups is 1. The van der Waals surface area contributed by atoms with Crippen molar-refractivity contribution in [1.82, 2.24) is 0 Å². The highest BCUT2D eigenvalue weighted by atomic mass is 35.5. The summed E-state index contributed by atoms with van der Waals surface area (Å²) in [6.07, 6.45) is 0. The van der Waals surface area contributed by atoms with Crippen molar-refractivity contribution in [2.45, 2.75) is 6.54 Å². The van der Waals surface area contributed by atoms with Crippen LogP contribution in [0.2, 0.25) is 5.02 Å². The first-order valence-electron chi connectivity index (χ1n) is 3.30. The molecule has 0 heterocycles. The van der Waals surface area contributed by atoms with Gasteiger partial charge in [-0.25, -0.2) is 8.78 Å². The molecule has 0 aliphatic heterocycles. The lowest BCUT2D eigenvalue weighted by molar-refractivity contribution is 0.573. The van der Waals surface area contributed by atoms with Gasteiger partial charge in [-0.2, -0.15) is 0 Å². The van der Waals surface area contributed by atoms with Gasteiger partial charge in [0.2, 0.25) is 0 Å². The Bertz CT molecular complexity index is 374. The Kier molecular flexibility index (Phi) is 3.06. The molecular formula is C7H4ClF2N3. The van der Waals surface area contributed by atoms with Crippen molar-refractivity contribution in [2.24, 2.45) is 5.11 Å². The molecule has 0 spiro atoms. The van der Waals surface area contributed by atoms with Crippen molar-refractivity contribution in [3.05, 3.63) is 44.8 Å². The Morgan fingerprint density at radius 1 is 1.46 bits per heavy atom. The Hall–Kier alpha value is -1.32. The highest BCUT2D eigenvalue weighted by Gasteiger charge is 2.10. The zero-order valence-electron chi connectivity index (χ0n) is 6.34. The second kappa shape index (κ2) is 4.07. The van der Waals surface area contributed by atoms with Crippen LogP contribution < -0.4 is 0 Å². The monoisotopic (exact) mass is 203 g/mol. The van der Waals surface area contributed by atoms with Gasteiger partial charge in [-0.05, 0) is 17.2 Å². The van der Waals surface area contributed by atoms with Gasteiger partial charge in [0.25, 0.3) is 0 Å². The number of rotatable bonds is 2. The van der Waals surface area contributed by atoms with Crippen LogP contribution in [-0.4, -0.2) is 0 Å². The Morgan fingerprint density at radius 3 is 2.77 bits per heavy atom. The Labute approximate surface area is 77.6 Å². The second-order valence-corrected chi connectivity index (χ2v) is 2.60. The van der Waals surface area contributed by atoms with Crippen molar-refractivity contribution in [2.75, 3.05) is 0 Å². The van der Waals surface area contributed by atoms with Crippen molar-refractivity contribution in [1.29, 1.82) is 0 Å². The molecule has 3 nitrogen and oxygen atoms in total. The Balaban J connectivity index is 3.10. The number of hydrogen-bond donors (Lipinski definition) is 0. The van der Waals surface area contributed by atoms with Gasteiger partial charge >= 0.3 is 0 Å². The summed E-state index contributed by atoms with van der Waals surface area (Å²) >= 11 is 5.28. The molecular weight excluding hydrogens is 200 g/mol. The second-order valence-electron chi connectivity index (χ2n) is 2.22. The fraction of sp³-hybridized carbons (Fsp3) is 0.143. The minimum atomic E-state index is -0.880. The van der Waals surface area contributed by atoms with Gasteiger partial charge < -0.3 is 0 Å². The van der Waals surface area contributed by atoms with Crippen LogP contribution in [-0.2, 0) is 6.54 Å². The highest BCUT2D eigenvalue weighted by Crippen LogP contribution is 2.22. The maximum absolute atomic E-state index is 13.0. The fourth-order valence-corrected chi connectivity index (χ4v) is 0.980. The van der Waals surface area contributed by atoms with E-state index in [1.165, 1.54) is 6.07 Å². The van der Waals surface area contributed by atoms with E-state index in [-0.39, 0.29) is 12.1 Å². The topological polar surface area (TPSA) is 48.8 Å². The standard InChI is InChI=1S/C7H4ClF2N3/c8-6-5(9)2-1-4(7(6)10)3-12-13-11/h1-2H,3H2. The molecule has 0 fully saturated rings. The minimum Gasteiger partial charge on any atom is -0.205 e. The molecule has 0 aliphatic rings. The van der Waals surface area contributed by atoms with Gasteiger partial charge in [0, 0.05) is 4.91 Å². The number of benzene rings is 1. The average molecular weight is 204 g/mol. The van der Waals surface area contributed by atoms with Gasteiger partial charge in [-0.1, -0.05) is 22.8 Å². The van der Waals surface area contributed by atoms with Crippen LogP contribution in [0.25, 0.3) is 10.4 Å². The molecule has 0 N–H and O–H groups in total. The summed E-state index contributed by atoms with van der Waals surface area (Å²) in [6.45, 7) is -0.178. The molecule has 1 aromatic carbocycles. The summed E-state index contributed by atoms with van der Waals surface area (Å²) in [4.78, 5) is 2.45. The first-order valence-corrected chi connectivity index (χ1v) is 3.68. The zero-order valence-corrected chi connectivity index (χ0v) is 7.09. The van der Waals surface area contributed by atoms with Crippen molar-refractivity contribution < 1.29 is 8.78 Å². The van der Waals surface area contributed by atoms with Crippen LogP contribution in [0.4, 0.5) is 8.78 Å². The number of hydrogen-bond acceptors (Lipinski definition) is 1. The normalized spacial score (nSPS) is 9.46. The van der Waals surface area contributed by atoms with Crippen molar-refractivity contribution in [3.8, 4) is 0 Å². The van der Waals surface area contributed by atoms with E-state index >= 15 is 0 Å². The lowest BCUT2D eigenvalue weighted by Crippen LogP contribution is -1.91. The smallest absolute Gasteiger partial charge is 0.148 e. The SMILES string of the molecule is [N-]=[N+]=NCc1ccc(F)c(Cl)c1F. The van der Waals surface area contributed by atoms with E-state index in [2.05, 4.69) is 10.0 Å². The molecule has 0 bridgehead atoms. The summed E-state index contributed by atoms with van der Waals surface area (Å²) in [5.41, 5.74) is 8.04. The molecule has 13 heavy (non-hydrogen) atoms. The van der Waals surface area contributed by atoms with Gasteiger partial charge in [0.15, 0.2) is 0 Å². The average Bonchev–Trinajstić information content (AvgIpc) is 2.13. The van der Waals surface area contributed by atoms with E-state index in [9.17, 15) is 8.78 Å².